The Morgan fingerprint density at radius 2 is 1.67 bits per heavy atom. The van der Waals surface area contributed by atoms with Crippen LogP contribution in [0, 0.1) is 27.7 Å². The number of rotatable bonds is 4. The Bertz CT molecular complexity index is 1310. The standard InChI is InChI=1S/C27H26N2O3S/c1-16-9-11-18(3)21(13-16)28-27-29(22-14-17(2)10-12-19(22)4)26(31)24(33-27)15-20-7-6-8-23(32-5)25(20)30/h6-15,30H,1-5H3/b24-15+,28-27?. The number of phenolic OH excluding ortho intramolecular Hbond substituents is 1. The Balaban J connectivity index is 1.87. The van der Waals surface area contributed by atoms with Crippen LogP contribution in [0.1, 0.15) is 27.8 Å². The number of thioether (sulfide) groups is 1. The molecule has 1 amide bonds. The van der Waals surface area contributed by atoms with Crippen molar-refractivity contribution in [1.29, 1.82) is 0 Å². The number of amidine groups is 1. The van der Waals surface area contributed by atoms with Crippen molar-refractivity contribution < 1.29 is 14.6 Å². The minimum atomic E-state index is -0.181. The number of hydrogen-bond donors (Lipinski definition) is 1. The zero-order valence-corrected chi connectivity index (χ0v) is 20.2. The topological polar surface area (TPSA) is 62.1 Å². The summed E-state index contributed by atoms with van der Waals surface area (Å²) in [4.78, 5) is 20.7. The van der Waals surface area contributed by atoms with E-state index in [9.17, 15) is 9.90 Å². The molecule has 168 valence electrons. The maximum Gasteiger partial charge on any atom is 0.271 e. The zero-order valence-electron chi connectivity index (χ0n) is 19.3. The van der Waals surface area contributed by atoms with Crippen LogP contribution in [0.25, 0.3) is 6.08 Å². The van der Waals surface area contributed by atoms with Crippen LogP contribution in [0.4, 0.5) is 11.4 Å². The minimum absolute atomic E-state index is 0.000830. The summed E-state index contributed by atoms with van der Waals surface area (Å²) < 4.78 is 5.22. The molecule has 4 rings (SSSR count). The van der Waals surface area contributed by atoms with Gasteiger partial charge in [0.1, 0.15) is 0 Å². The molecule has 0 bridgehead atoms. The van der Waals surface area contributed by atoms with E-state index >= 15 is 0 Å². The molecule has 1 heterocycles. The summed E-state index contributed by atoms with van der Waals surface area (Å²) in [5.41, 5.74) is 6.31. The average Bonchev–Trinajstić information content (AvgIpc) is 3.08. The second kappa shape index (κ2) is 9.16. The van der Waals surface area contributed by atoms with E-state index in [0.29, 0.717) is 21.4 Å². The molecule has 1 N–H and O–H groups in total. The molecule has 1 saturated heterocycles. The van der Waals surface area contributed by atoms with E-state index in [-0.39, 0.29) is 11.7 Å². The Hall–Kier alpha value is -3.51. The maximum atomic E-state index is 13.6. The maximum absolute atomic E-state index is 13.6. The van der Waals surface area contributed by atoms with Gasteiger partial charge in [-0.05, 0) is 86.0 Å². The number of anilines is 1. The van der Waals surface area contributed by atoms with Gasteiger partial charge in [0.05, 0.1) is 23.4 Å². The SMILES string of the molecule is COc1cccc(/C=C2/SC(=Nc3cc(C)ccc3C)N(c3cc(C)ccc3C)C2=O)c1O. The minimum Gasteiger partial charge on any atom is -0.504 e. The van der Waals surface area contributed by atoms with Crippen molar-refractivity contribution in [3.05, 3.63) is 87.3 Å². The fourth-order valence-electron chi connectivity index (χ4n) is 3.63. The van der Waals surface area contributed by atoms with E-state index in [4.69, 9.17) is 9.73 Å². The van der Waals surface area contributed by atoms with Crippen molar-refractivity contribution >= 4 is 40.3 Å². The first-order chi connectivity index (χ1) is 15.8. The molecule has 33 heavy (non-hydrogen) atoms. The van der Waals surface area contributed by atoms with Crippen LogP contribution in [0.15, 0.2) is 64.5 Å². The smallest absolute Gasteiger partial charge is 0.271 e. The number of ether oxygens (including phenoxy) is 1. The highest BCUT2D eigenvalue weighted by atomic mass is 32.2. The number of aromatic hydroxyl groups is 1. The Morgan fingerprint density at radius 1 is 0.970 bits per heavy atom. The first-order valence-electron chi connectivity index (χ1n) is 10.6. The second-order valence-electron chi connectivity index (χ2n) is 8.12. The van der Waals surface area contributed by atoms with Gasteiger partial charge in [0.25, 0.3) is 5.91 Å². The van der Waals surface area contributed by atoms with Gasteiger partial charge in [0.15, 0.2) is 16.7 Å². The molecule has 1 aliphatic rings. The monoisotopic (exact) mass is 458 g/mol. The first-order valence-corrected chi connectivity index (χ1v) is 11.4. The summed E-state index contributed by atoms with van der Waals surface area (Å²) in [7, 11) is 1.50. The third kappa shape index (κ3) is 4.52. The van der Waals surface area contributed by atoms with E-state index in [2.05, 4.69) is 0 Å². The van der Waals surface area contributed by atoms with Crippen LogP contribution in [-0.4, -0.2) is 23.3 Å². The fraction of sp³-hybridized carbons (Fsp3) is 0.185. The number of phenols is 1. The van der Waals surface area contributed by atoms with E-state index in [0.717, 1.165) is 33.6 Å². The number of hydrogen-bond acceptors (Lipinski definition) is 5. The van der Waals surface area contributed by atoms with Crippen molar-refractivity contribution in [1.82, 2.24) is 0 Å². The van der Waals surface area contributed by atoms with Crippen LogP contribution < -0.4 is 9.64 Å². The van der Waals surface area contributed by atoms with Crippen LogP contribution in [0.5, 0.6) is 11.5 Å². The fourth-order valence-corrected chi connectivity index (χ4v) is 4.60. The average molecular weight is 459 g/mol. The number of carbonyl (C=O) groups is 1. The van der Waals surface area contributed by atoms with Crippen LogP contribution in [-0.2, 0) is 4.79 Å². The summed E-state index contributed by atoms with van der Waals surface area (Å²) in [6.07, 6.45) is 1.69. The summed E-state index contributed by atoms with van der Waals surface area (Å²) in [6, 6.07) is 17.3. The molecular formula is C27H26N2O3S. The van der Waals surface area contributed by atoms with E-state index in [1.807, 2.05) is 64.1 Å². The van der Waals surface area contributed by atoms with Crippen LogP contribution >= 0.6 is 11.8 Å². The highest BCUT2D eigenvalue weighted by Crippen LogP contribution is 2.41. The number of aliphatic imine (C=N–C) groups is 1. The lowest BCUT2D eigenvalue weighted by molar-refractivity contribution is -0.113. The number of amides is 1. The number of carbonyl (C=O) groups excluding carboxylic acids is 1. The third-order valence-electron chi connectivity index (χ3n) is 5.53. The molecule has 0 spiro atoms. The van der Waals surface area contributed by atoms with Gasteiger partial charge in [0.2, 0.25) is 0 Å². The molecule has 1 fully saturated rings. The number of methoxy groups -OCH3 is 1. The van der Waals surface area contributed by atoms with Crippen molar-refractivity contribution in [3.63, 3.8) is 0 Å². The van der Waals surface area contributed by atoms with Crippen LogP contribution in [0.3, 0.4) is 0 Å². The first kappa shape index (κ1) is 22.7. The quantitative estimate of drug-likeness (QED) is 0.457. The lowest BCUT2D eigenvalue weighted by Gasteiger charge is -2.19. The summed E-state index contributed by atoms with van der Waals surface area (Å²) in [5.74, 6) is 0.175. The molecule has 1 aliphatic heterocycles. The molecule has 0 saturated carbocycles. The third-order valence-corrected chi connectivity index (χ3v) is 6.50. The molecule has 0 unspecified atom stereocenters. The predicted molar refractivity (Wildman–Crippen MR) is 137 cm³/mol. The molecule has 0 aromatic heterocycles. The van der Waals surface area contributed by atoms with E-state index in [1.54, 1.807) is 29.2 Å². The Labute approximate surface area is 198 Å². The molecular weight excluding hydrogens is 432 g/mol. The lowest BCUT2D eigenvalue weighted by Crippen LogP contribution is -2.29. The van der Waals surface area contributed by atoms with Crippen molar-refractivity contribution in [2.45, 2.75) is 27.7 Å². The highest BCUT2D eigenvalue weighted by Gasteiger charge is 2.36. The molecule has 3 aromatic carbocycles. The van der Waals surface area contributed by atoms with Gasteiger partial charge in [-0.25, -0.2) is 4.99 Å². The molecule has 5 nitrogen and oxygen atoms in total. The van der Waals surface area contributed by atoms with Gasteiger partial charge in [-0.3, -0.25) is 9.69 Å². The summed E-state index contributed by atoms with van der Waals surface area (Å²) in [5, 5.41) is 11.1. The Kier molecular flexibility index (Phi) is 6.29. The van der Waals surface area contributed by atoms with Crippen molar-refractivity contribution in [3.8, 4) is 11.5 Å². The van der Waals surface area contributed by atoms with E-state index in [1.165, 1.54) is 18.9 Å². The van der Waals surface area contributed by atoms with Crippen molar-refractivity contribution in [2.75, 3.05) is 12.0 Å². The number of aryl methyl sites for hydroxylation is 4. The number of benzene rings is 3. The van der Waals surface area contributed by atoms with Gasteiger partial charge in [-0.15, -0.1) is 0 Å². The zero-order chi connectivity index (χ0) is 23.7. The second-order valence-corrected chi connectivity index (χ2v) is 9.13. The molecule has 3 aromatic rings. The van der Waals surface area contributed by atoms with Gasteiger partial charge < -0.3 is 9.84 Å². The molecule has 0 atom stereocenters. The number of nitrogens with zero attached hydrogens (tertiary/aromatic N) is 2. The molecule has 6 heteroatoms. The summed E-state index contributed by atoms with van der Waals surface area (Å²) in [6.45, 7) is 8.02. The van der Waals surface area contributed by atoms with Crippen molar-refractivity contribution in [2.24, 2.45) is 4.99 Å². The molecule has 0 radical (unpaired) electrons. The number of para-hydroxylation sites is 1. The lowest BCUT2D eigenvalue weighted by atomic mass is 10.1. The largest absolute Gasteiger partial charge is 0.504 e. The van der Waals surface area contributed by atoms with Gasteiger partial charge in [-0.1, -0.05) is 36.4 Å². The van der Waals surface area contributed by atoms with Crippen LogP contribution in [0.2, 0.25) is 0 Å². The predicted octanol–water partition coefficient (Wildman–Crippen LogP) is 6.44. The normalized spacial score (nSPS) is 16.2. The van der Waals surface area contributed by atoms with Gasteiger partial charge in [-0.2, -0.15) is 0 Å². The Morgan fingerprint density at radius 3 is 2.39 bits per heavy atom. The summed E-state index contributed by atoms with van der Waals surface area (Å²) >= 11 is 1.30. The van der Waals surface area contributed by atoms with Gasteiger partial charge in [0, 0.05) is 5.56 Å². The molecule has 0 aliphatic carbocycles. The van der Waals surface area contributed by atoms with E-state index < -0.39 is 0 Å². The highest BCUT2D eigenvalue weighted by molar-refractivity contribution is 8.19. The van der Waals surface area contributed by atoms with Gasteiger partial charge >= 0.3 is 0 Å².